The smallest absolute Gasteiger partial charge is 0.306 e. The first-order valence-electron chi connectivity index (χ1n) is 7.02. The molecule has 7 nitrogen and oxygen atoms in total. The van der Waals surface area contributed by atoms with Crippen molar-refractivity contribution in [1.82, 2.24) is 5.43 Å². The summed E-state index contributed by atoms with van der Waals surface area (Å²) in [6.45, 7) is 3.76. The van der Waals surface area contributed by atoms with Gasteiger partial charge in [-0.1, -0.05) is 29.4 Å². The lowest BCUT2D eigenvalue weighted by Crippen LogP contribution is -2.25. The van der Waals surface area contributed by atoms with Crippen LogP contribution in [-0.4, -0.2) is 12.2 Å². The largest absolute Gasteiger partial charge is 0.339 e. The molecule has 2 rings (SSSR count). The Morgan fingerprint density at radius 2 is 1.96 bits per heavy atom. The van der Waals surface area contributed by atoms with Crippen molar-refractivity contribution in [3.8, 4) is 0 Å². The molecule has 0 fully saturated rings. The molecule has 0 aliphatic rings. The molecule has 122 valence electrons. The molecule has 0 aliphatic heterocycles. The third-order valence-electron chi connectivity index (χ3n) is 3.23. The van der Waals surface area contributed by atoms with E-state index in [1.807, 2.05) is 32.0 Å². The van der Waals surface area contributed by atoms with E-state index in [4.69, 9.17) is 5.53 Å². The van der Waals surface area contributed by atoms with Crippen molar-refractivity contribution < 1.29 is 9.18 Å². The summed E-state index contributed by atoms with van der Waals surface area (Å²) >= 11 is 0. The van der Waals surface area contributed by atoms with E-state index in [1.165, 1.54) is 18.3 Å². The van der Waals surface area contributed by atoms with Crippen LogP contribution in [0.5, 0.6) is 0 Å². The first-order valence-corrected chi connectivity index (χ1v) is 7.02. The van der Waals surface area contributed by atoms with Gasteiger partial charge in [0.15, 0.2) is 0 Å². The molecule has 2 amide bonds. The number of anilines is 1. The fourth-order valence-electron chi connectivity index (χ4n) is 2.05. The first-order chi connectivity index (χ1) is 11.5. The van der Waals surface area contributed by atoms with Gasteiger partial charge in [0.2, 0.25) is 0 Å². The van der Waals surface area contributed by atoms with Gasteiger partial charge in [-0.3, -0.25) is 0 Å². The van der Waals surface area contributed by atoms with Crippen molar-refractivity contribution in [3.05, 3.63) is 69.3 Å². The minimum Gasteiger partial charge on any atom is -0.306 e. The summed E-state index contributed by atoms with van der Waals surface area (Å²) in [7, 11) is 0. The minimum atomic E-state index is -0.611. The number of carbonyl (C=O) groups is 1. The predicted octanol–water partition coefficient (Wildman–Crippen LogP) is 4.54. The van der Waals surface area contributed by atoms with Gasteiger partial charge in [0.05, 0.1) is 6.21 Å². The third-order valence-corrected chi connectivity index (χ3v) is 3.23. The number of para-hydroxylation sites is 1. The van der Waals surface area contributed by atoms with E-state index in [0.29, 0.717) is 5.69 Å². The molecule has 2 N–H and O–H groups in total. The van der Waals surface area contributed by atoms with Gasteiger partial charge >= 0.3 is 6.03 Å². The minimum absolute atomic E-state index is 0.152. The van der Waals surface area contributed by atoms with Crippen LogP contribution in [0.2, 0.25) is 0 Å². The van der Waals surface area contributed by atoms with Crippen molar-refractivity contribution in [3.63, 3.8) is 0 Å². The van der Waals surface area contributed by atoms with Crippen LogP contribution in [0.3, 0.4) is 0 Å². The molecule has 24 heavy (non-hydrogen) atoms. The quantitative estimate of drug-likeness (QED) is 0.278. The zero-order valence-corrected chi connectivity index (χ0v) is 13.1. The Hall–Kier alpha value is -3.38. The number of amides is 2. The molecule has 0 atom stereocenters. The highest BCUT2D eigenvalue weighted by molar-refractivity contribution is 5.92. The molecule has 0 spiro atoms. The number of rotatable bonds is 4. The number of urea groups is 1. The van der Waals surface area contributed by atoms with Crippen LogP contribution in [0, 0.1) is 19.7 Å². The van der Waals surface area contributed by atoms with Gasteiger partial charge in [0.1, 0.15) is 5.82 Å². The molecule has 0 saturated carbocycles. The summed E-state index contributed by atoms with van der Waals surface area (Å²) in [5.74, 6) is -0.611. The Balaban J connectivity index is 2.01. The summed E-state index contributed by atoms with van der Waals surface area (Å²) in [4.78, 5) is 14.4. The molecule has 0 aromatic heterocycles. The monoisotopic (exact) mass is 326 g/mol. The van der Waals surface area contributed by atoms with Crippen LogP contribution < -0.4 is 10.7 Å². The summed E-state index contributed by atoms with van der Waals surface area (Å²) in [6.07, 6.45) is 1.17. The Bertz CT molecular complexity index is 822. The SMILES string of the molecule is Cc1cccc(C)c1NC(=O)N/N=C/c1ccc(N=[N+]=[N-])cc1F. The van der Waals surface area contributed by atoms with Crippen LogP contribution in [-0.2, 0) is 0 Å². The Labute approximate surface area is 137 Å². The van der Waals surface area contributed by atoms with Crippen LogP contribution in [0.1, 0.15) is 16.7 Å². The van der Waals surface area contributed by atoms with Gasteiger partial charge in [-0.15, -0.1) is 0 Å². The molecule has 0 heterocycles. The zero-order valence-electron chi connectivity index (χ0n) is 13.1. The summed E-state index contributed by atoms with van der Waals surface area (Å²) in [5, 5.41) is 9.69. The van der Waals surface area contributed by atoms with Crippen LogP contribution in [0.15, 0.2) is 46.6 Å². The van der Waals surface area contributed by atoms with E-state index in [-0.39, 0.29) is 11.3 Å². The second-order valence-corrected chi connectivity index (χ2v) is 4.99. The molecule has 0 saturated heterocycles. The van der Waals surface area contributed by atoms with E-state index in [2.05, 4.69) is 25.9 Å². The molecule has 8 heteroatoms. The van der Waals surface area contributed by atoms with Crippen molar-refractivity contribution in [2.45, 2.75) is 13.8 Å². The second kappa shape index (κ2) is 7.75. The van der Waals surface area contributed by atoms with Crippen LogP contribution in [0.4, 0.5) is 20.6 Å². The first kappa shape index (κ1) is 17.0. The summed E-state index contributed by atoms with van der Waals surface area (Å²) in [5.41, 5.74) is 13.4. The number of carbonyl (C=O) groups excluding carboxylic acids is 1. The maximum atomic E-state index is 13.7. The molecule has 2 aromatic rings. The van der Waals surface area contributed by atoms with Crippen LogP contribution in [0.25, 0.3) is 10.4 Å². The number of nitrogens with one attached hydrogen (secondary N) is 2. The number of azide groups is 1. The number of benzene rings is 2. The number of aryl methyl sites for hydroxylation is 2. The van der Waals surface area contributed by atoms with E-state index in [1.54, 1.807) is 0 Å². The van der Waals surface area contributed by atoms with Gasteiger partial charge in [0.25, 0.3) is 0 Å². The number of nitrogens with zero attached hydrogens (tertiary/aromatic N) is 4. The maximum absolute atomic E-state index is 13.7. The maximum Gasteiger partial charge on any atom is 0.339 e. The van der Waals surface area contributed by atoms with Gasteiger partial charge in [-0.05, 0) is 42.6 Å². The van der Waals surface area contributed by atoms with Gasteiger partial charge in [0, 0.05) is 21.8 Å². The summed E-state index contributed by atoms with van der Waals surface area (Å²) < 4.78 is 13.7. The van der Waals surface area contributed by atoms with E-state index in [9.17, 15) is 9.18 Å². The van der Waals surface area contributed by atoms with Crippen molar-refractivity contribution in [2.75, 3.05) is 5.32 Å². The Morgan fingerprint density at radius 3 is 2.58 bits per heavy atom. The molecule has 0 bridgehead atoms. The highest BCUT2D eigenvalue weighted by Crippen LogP contribution is 2.19. The topological polar surface area (TPSA) is 102 Å². The fourth-order valence-corrected chi connectivity index (χ4v) is 2.05. The Morgan fingerprint density at radius 1 is 1.25 bits per heavy atom. The lowest BCUT2D eigenvalue weighted by molar-refractivity contribution is 0.252. The molecular weight excluding hydrogens is 311 g/mol. The van der Waals surface area contributed by atoms with E-state index < -0.39 is 11.8 Å². The number of halogens is 1. The molecular formula is C16H15FN6O. The highest BCUT2D eigenvalue weighted by Gasteiger charge is 2.06. The molecule has 0 aliphatic carbocycles. The third kappa shape index (κ3) is 4.31. The highest BCUT2D eigenvalue weighted by atomic mass is 19.1. The van der Waals surface area contributed by atoms with Gasteiger partial charge in [-0.2, -0.15) is 5.10 Å². The van der Waals surface area contributed by atoms with Gasteiger partial charge < -0.3 is 5.32 Å². The van der Waals surface area contributed by atoms with Crippen molar-refractivity contribution in [1.29, 1.82) is 0 Å². The van der Waals surface area contributed by atoms with E-state index >= 15 is 0 Å². The lowest BCUT2D eigenvalue weighted by atomic mass is 10.1. The molecule has 0 radical (unpaired) electrons. The normalized spacial score (nSPS) is 10.3. The summed E-state index contributed by atoms with van der Waals surface area (Å²) in [6, 6.07) is 9.05. The number of hydrogen-bond acceptors (Lipinski definition) is 3. The number of hydrazone groups is 1. The van der Waals surface area contributed by atoms with E-state index in [0.717, 1.165) is 17.2 Å². The van der Waals surface area contributed by atoms with Crippen LogP contribution >= 0.6 is 0 Å². The number of hydrogen-bond donors (Lipinski definition) is 2. The van der Waals surface area contributed by atoms with Crippen molar-refractivity contribution in [2.24, 2.45) is 10.2 Å². The zero-order chi connectivity index (χ0) is 17.5. The average molecular weight is 326 g/mol. The fraction of sp³-hybridized carbons (Fsp3) is 0.125. The lowest BCUT2D eigenvalue weighted by Gasteiger charge is -2.10. The Kier molecular flexibility index (Phi) is 5.49. The second-order valence-electron chi connectivity index (χ2n) is 4.99. The standard InChI is InChI=1S/C16H15FN6O/c1-10-4-3-5-11(2)15(10)20-16(24)22-19-9-12-6-7-13(21-23-18)8-14(12)17/h3-9H,1-2H3,(H2,20,22,24)/b19-9+. The predicted molar refractivity (Wildman–Crippen MR) is 90.9 cm³/mol. The molecule has 2 aromatic carbocycles. The molecule has 0 unspecified atom stereocenters. The van der Waals surface area contributed by atoms with Gasteiger partial charge in [-0.25, -0.2) is 14.6 Å². The van der Waals surface area contributed by atoms with Crippen molar-refractivity contribution >= 4 is 23.6 Å². The average Bonchev–Trinajstić information content (AvgIpc) is 2.53.